The molecule has 0 bridgehead atoms. The Bertz CT molecular complexity index is 569. The first kappa shape index (κ1) is 17.0. The van der Waals surface area contributed by atoms with Gasteiger partial charge in [-0.3, -0.25) is 9.00 Å². The summed E-state index contributed by atoms with van der Waals surface area (Å²) in [5, 5.41) is -0.384. The summed E-state index contributed by atoms with van der Waals surface area (Å²) in [6.07, 6.45) is -3.71. The average molecular weight is 334 g/mol. The van der Waals surface area contributed by atoms with E-state index in [1.807, 2.05) is 0 Å². The van der Waals surface area contributed by atoms with Crippen molar-refractivity contribution in [3.63, 3.8) is 0 Å². The number of piperidine rings is 1. The highest BCUT2D eigenvalue weighted by Crippen LogP contribution is 2.35. The van der Waals surface area contributed by atoms with E-state index in [9.17, 15) is 22.2 Å². The van der Waals surface area contributed by atoms with Gasteiger partial charge >= 0.3 is 6.18 Å². The summed E-state index contributed by atoms with van der Waals surface area (Å²) in [6.45, 7) is 0.659. The molecule has 1 aromatic carbocycles. The van der Waals surface area contributed by atoms with Crippen molar-refractivity contribution in [3.05, 3.63) is 29.8 Å². The van der Waals surface area contributed by atoms with Crippen molar-refractivity contribution in [2.24, 2.45) is 5.73 Å². The van der Waals surface area contributed by atoms with Crippen molar-refractivity contribution < 1.29 is 22.2 Å². The van der Waals surface area contributed by atoms with Crippen LogP contribution in [0, 0.1) is 0 Å². The summed E-state index contributed by atoms with van der Waals surface area (Å²) < 4.78 is 51.5. The zero-order valence-corrected chi connectivity index (χ0v) is 12.6. The molecule has 2 rings (SSSR count). The molecule has 1 amide bonds. The van der Waals surface area contributed by atoms with Crippen LogP contribution in [0.25, 0.3) is 0 Å². The van der Waals surface area contributed by atoms with Gasteiger partial charge in [-0.05, 0) is 25.0 Å². The fourth-order valence-corrected chi connectivity index (χ4v) is 4.12. The highest BCUT2D eigenvalue weighted by molar-refractivity contribution is 7.85. The molecule has 1 atom stereocenters. The van der Waals surface area contributed by atoms with Crippen molar-refractivity contribution in [1.82, 2.24) is 4.90 Å². The Kier molecular flexibility index (Phi) is 5.23. The van der Waals surface area contributed by atoms with E-state index in [1.54, 1.807) is 4.90 Å². The molecule has 0 spiro atoms. The number of amides is 1. The molecule has 0 radical (unpaired) electrons. The topological polar surface area (TPSA) is 63.4 Å². The summed E-state index contributed by atoms with van der Waals surface area (Å²) in [7, 11) is -1.75. The van der Waals surface area contributed by atoms with Gasteiger partial charge in [0.1, 0.15) is 0 Å². The normalized spacial score (nSPS) is 18.3. The maximum Gasteiger partial charge on any atom is 0.417 e. The molecule has 8 heteroatoms. The number of rotatable bonds is 3. The zero-order chi connectivity index (χ0) is 16.3. The van der Waals surface area contributed by atoms with Gasteiger partial charge in [-0.25, -0.2) is 0 Å². The predicted octanol–water partition coefficient (Wildman–Crippen LogP) is 1.76. The summed E-state index contributed by atoms with van der Waals surface area (Å²) in [4.78, 5) is 12.9. The number of hydrogen-bond donors (Lipinski definition) is 1. The molecule has 1 fully saturated rings. The molecule has 0 aromatic heterocycles. The molecule has 1 heterocycles. The molecule has 122 valence electrons. The van der Waals surface area contributed by atoms with Crippen molar-refractivity contribution in [2.45, 2.75) is 29.2 Å². The van der Waals surface area contributed by atoms with Gasteiger partial charge in [-0.15, -0.1) is 0 Å². The number of hydrogen-bond acceptors (Lipinski definition) is 3. The minimum atomic E-state index is -4.53. The minimum absolute atomic E-state index is 0.0926. The third-order valence-electron chi connectivity index (χ3n) is 3.68. The van der Waals surface area contributed by atoms with E-state index in [0.717, 1.165) is 6.07 Å². The van der Waals surface area contributed by atoms with E-state index in [0.29, 0.717) is 25.9 Å². The predicted molar refractivity (Wildman–Crippen MR) is 76.5 cm³/mol. The maximum absolute atomic E-state index is 13.0. The van der Waals surface area contributed by atoms with Crippen molar-refractivity contribution in [3.8, 4) is 0 Å². The lowest BCUT2D eigenvalue weighted by atomic mass is 10.1. The second-order valence-electron chi connectivity index (χ2n) is 5.08. The third kappa shape index (κ3) is 3.67. The molecule has 1 aliphatic heterocycles. The SMILES string of the molecule is NCC(=O)N1CCC(S(=O)c2ccccc2C(F)(F)F)CC1. The number of nitrogens with two attached hydrogens (primary N) is 1. The van der Waals surface area contributed by atoms with Crippen LogP contribution in [0.5, 0.6) is 0 Å². The summed E-state index contributed by atoms with van der Waals surface area (Å²) in [5.41, 5.74) is 4.43. The Morgan fingerprint density at radius 3 is 2.41 bits per heavy atom. The largest absolute Gasteiger partial charge is 0.417 e. The second-order valence-corrected chi connectivity index (χ2v) is 6.78. The van der Waals surface area contributed by atoms with Gasteiger partial charge in [0, 0.05) is 18.3 Å². The van der Waals surface area contributed by atoms with Crippen molar-refractivity contribution in [1.29, 1.82) is 0 Å². The average Bonchev–Trinajstić information content (AvgIpc) is 2.52. The molecule has 0 saturated carbocycles. The van der Waals surface area contributed by atoms with Gasteiger partial charge in [-0.2, -0.15) is 13.2 Å². The van der Waals surface area contributed by atoms with Crippen molar-refractivity contribution >= 4 is 16.7 Å². The quantitative estimate of drug-likeness (QED) is 0.916. The molecule has 1 saturated heterocycles. The molecule has 1 unspecified atom stereocenters. The maximum atomic E-state index is 13.0. The van der Waals surface area contributed by atoms with E-state index < -0.39 is 22.5 Å². The summed E-state index contributed by atoms with van der Waals surface area (Å²) in [6, 6.07) is 4.94. The molecule has 1 aliphatic rings. The molecular formula is C14H17F3N2O2S. The smallest absolute Gasteiger partial charge is 0.342 e. The van der Waals surface area contributed by atoms with Crippen LogP contribution < -0.4 is 5.73 Å². The molecule has 22 heavy (non-hydrogen) atoms. The van der Waals surface area contributed by atoms with Crippen LogP contribution in [0.1, 0.15) is 18.4 Å². The van der Waals surface area contributed by atoms with E-state index in [-0.39, 0.29) is 22.6 Å². The van der Waals surface area contributed by atoms with E-state index in [2.05, 4.69) is 0 Å². The lowest BCUT2D eigenvalue weighted by Gasteiger charge is -2.31. The van der Waals surface area contributed by atoms with Gasteiger partial charge in [0.15, 0.2) is 0 Å². The number of halogens is 3. The van der Waals surface area contributed by atoms with Crippen LogP contribution in [-0.2, 0) is 21.8 Å². The lowest BCUT2D eigenvalue weighted by Crippen LogP contribution is -2.43. The monoisotopic (exact) mass is 334 g/mol. The van der Waals surface area contributed by atoms with Gasteiger partial charge in [0.25, 0.3) is 0 Å². The number of nitrogens with zero attached hydrogens (tertiary/aromatic N) is 1. The minimum Gasteiger partial charge on any atom is -0.342 e. The van der Waals surface area contributed by atoms with Gasteiger partial charge < -0.3 is 10.6 Å². The van der Waals surface area contributed by atoms with Gasteiger partial charge in [0.05, 0.1) is 27.8 Å². The Labute approximate surface area is 128 Å². The van der Waals surface area contributed by atoms with E-state index >= 15 is 0 Å². The summed E-state index contributed by atoms with van der Waals surface area (Å²) in [5.74, 6) is -0.195. The number of alkyl halides is 3. The number of likely N-dealkylation sites (tertiary alicyclic amines) is 1. The number of benzene rings is 1. The van der Waals surface area contributed by atoms with E-state index in [1.165, 1.54) is 18.2 Å². The van der Waals surface area contributed by atoms with Crippen LogP contribution in [-0.4, -0.2) is 39.9 Å². The van der Waals surface area contributed by atoms with E-state index in [4.69, 9.17) is 5.73 Å². The highest BCUT2D eigenvalue weighted by atomic mass is 32.2. The fourth-order valence-electron chi connectivity index (χ4n) is 2.50. The Balaban J connectivity index is 2.13. The molecular weight excluding hydrogens is 317 g/mol. The first-order chi connectivity index (χ1) is 10.3. The van der Waals surface area contributed by atoms with Gasteiger partial charge in [-0.1, -0.05) is 12.1 Å². The first-order valence-corrected chi connectivity index (χ1v) is 8.10. The standard InChI is InChI=1S/C14H17F3N2O2S/c15-14(16,17)11-3-1-2-4-12(11)22(21)10-5-7-19(8-6-10)13(20)9-18/h1-4,10H,5-9,18H2. The molecule has 1 aromatic rings. The number of carbonyl (C=O) groups excluding carboxylic acids is 1. The van der Waals surface area contributed by atoms with Crippen LogP contribution in [0.3, 0.4) is 0 Å². The second kappa shape index (κ2) is 6.78. The first-order valence-electron chi connectivity index (χ1n) is 6.89. The highest BCUT2D eigenvalue weighted by Gasteiger charge is 2.36. The van der Waals surface area contributed by atoms with Crippen molar-refractivity contribution in [2.75, 3.05) is 19.6 Å². The summed E-state index contributed by atoms with van der Waals surface area (Å²) >= 11 is 0. The third-order valence-corrected chi connectivity index (χ3v) is 5.55. The number of carbonyl (C=O) groups is 1. The molecule has 2 N–H and O–H groups in total. The van der Waals surface area contributed by atoms with Crippen LogP contribution >= 0.6 is 0 Å². The Morgan fingerprint density at radius 1 is 1.27 bits per heavy atom. The van der Waals surface area contributed by atoms with Crippen LogP contribution in [0.2, 0.25) is 0 Å². The van der Waals surface area contributed by atoms with Gasteiger partial charge in [0.2, 0.25) is 5.91 Å². The zero-order valence-electron chi connectivity index (χ0n) is 11.8. The molecule has 0 aliphatic carbocycles. The Morgan fingerprint density at radius 2 is 1.86 bits per heavy atom. The van der Waals surface area contributed by atoms with Crippen LogP contribution in [0.15, 0.2) is 29.2 Å². The fraction of sp³-hybridized carbons (Fsp3) is 0.500. The Hall–Kier alpha value is -1.41. The lowest BCUT2D eigenvalue weighted by molar-refractivity contribution is -0.139. The van der Waals surface area contributed by atoms with Crippen LogP contribution in [0.4, 0.5) is 13.2 Å². The molecule has 4 nitrogen and oxygen atoms in total.